The molecule has 2 N–H and O–H groups in total. The van der Waals surface area contributed by atoms with Gasteiger partial charge in [0.2, 0.25) is 5.91 Å². The molecule has 0 radical (unpaired) electrons. The first-order valence-electron chi connectivity index (χ1n) is 8.77. The molecule has 132 valence electrons. The maximum absolute atomic E-state index is 12.3. The number of hydrogen-bond donors (Lipinski definition) is 2. The molecule has 1 fully saturated rings. The van der Waals surface area contributed by atoms with Gasteiger partial charge < -0.3 is 15.5 Å². The first kappa shape index (κ1) is 18.7. The van der Waals surface area contributed by atoms with Crippen molar-refractivity contribution < 1.29 is 4.79 Å². The van der Waals surface area contributed by atoms with E-state index in [1.165, 1.54) is 11.1 Å². The summed E-state index contributed by atoms with van der Waals surface area (Å²) < 4.78 is 0. The number of amides is 1. The van der Waals surface area contributed by atoms with E-state index in [-0.39, 0.29) is 11.8 Å². The Hall–Kier alpha value is -1.62. The highest BCUT2D eigenvalue weighted by Crippen LogP contribution is 2.20. The summed E-state index contributed by atoms with van der Waals surface area (Å²) in [5.74, 6) is 0.653. The summed E-state index contributed by atoms with van der Waals surface area (Å²) in [5.41, 5.74) is 3.46. The normalized spacial score (nSPS) is 17.7. The number of rotatable bonds is 4. The van der Waals surface area contributed by atoms with Gasteiger partial charge in [-0.2, -0.15) is 0 Å². The summed E-state index contributed by atoms with van der Waals surface area (Å²) in [6, 6.07) is 6.29. The third-order valence-corrected chi connectivity index (χ3v) is 4.75. The van der Waals surface area contributed by atoms with Gasteiger partial charge >= 0.3 is 0 Å². The number of piperidine rings is 1. The van der Waals surface area contributed by atoms with E-state index in [0.717, 1.165) is 31.6 Å². The Labute approximate surface area is 151 Å². The Morgan fingerprint density at radius 3 is 2.79 bits per heavy atom. The molecule has 1 aromatic rings. The van der Waals surface area contributed by atoms with Crippen molar-refractivity contribution >= 4 is 28.9 Å². The Morgan fingerprint density at radius 1 is 1.38 bits per heavy atom. The van der Waals surface area contributed by atoms with Crippen LogP contribution < -0.4 is 10.6 Å². The van der Waals surface area contributed by atoms with E-state index in [9.17, 15) is 4.79 Å². The number of likely N-dealkylation sites (tertiary alicyclic amines) is 1. The summed E-state index contributed by atoms with van der Waals surface area (Å²) in [5, 5.41) is 7.10. The van der Waals surface area contributed by atoms with Crippen LogP contribution in [0.5, 0.6) is 0 Å². The summed E-state index contributed by atoms with van der Waals surface area (Å²) in [6.07, 6.45) is 1.93. The van der Waals surface area contributed by atoms with Crippen molar-refractivity contribution in [3.63, 3.8) is 0 Å². The Bertz CT molecular complexity index is 600. The molecule has 1 aromatic carbocycles. The predicted octanol–water partition coefficient (Wildman–Crippen LogP) is 3.48. The standard InChI is InChI=1S/C19H29N3OS/c1-13(2)11-20-18(23)16-6-5-9-22(12-16)19(24)21-17-8-7-14(3)10-15(17)4/h7-8,10,13,16H,5-6,9,11-12H2,1-4H3,(H,20,23)(H,21,24). The Morgan fingerprint density at radius 2 is 2.12 bits per heavy atom. The van der Waals surface area contributed by atoms with Crippen LogP contribution in [0.1, 0.15) is 37.8 Å². The number of thiocarbonyl (C=S) groups is 1. The number of aryl methyl sites for hydroxylation is 2. The number of carbonyl (C=O) groups excluding carboxylic acids is 1. The van der Waals surface area contributed by atoms with Crippen LogP contribution in [-0.4, -0.2) is 35.6 Å². The fraction of sp³-hybridized carbons (Fsp3) is 0.579. The minimum atomic E-state index is 0.0244. The summed E-state index contributed by atoms with van der Waals surface area (Å²) in [4.78, 5) is 14.4. The van der Waals surface area contributed by atoms with E-state index < -0.39 is 0 Å². The molecule has 0 bridgehead atoms. The number of hydrogen-bond acceptors (Lipinski definition) is 2. The second-order valence-electron chi connectivity index (χ2n) is 7.17. The number of carbonyl (C=O) groups is 1. The van der Waals surface area contributed by atoms with Gasteiger partial charge in [0.15, 0.2) is 5.11 Å². The molecule has 1 amide bonds. The fourth-order valence-corrected chi connectivity index (χ4v) is 3.25. The highest BCUT2D eigenvalue weighted by atomic mass is 32.1. The first-order chi connectivity index (χ1) is 11.4. The van der Waals surface area contributed by atoms with Crippen LogP contribution in [0.3, 0.4) is 0 Å². The van der Waals surface area contributed by atoms with Crippen LogP contribution in [0.4, 0.5) is 5.69 Å². The number of nitrogens with zero attached hydrogens (tertiary/aromatic N) is 1. The predicted molar refractivity (Wildman–Crippen MR) is 104 cm³/mol. The topological polar surface area (TPSA) is 44.4 Å². The molecule has 0 spiro atoms. The van der Waals surface area contributed by atoms with Crippen molar-refractivity contribution in [3.8, 4) is 0 Å². The smallest absolute Gasteiger partial charge is 0.224 e. The average molecular weight is 348 g/mol. The van der Waals surface area contributed by atoms with Crippen molar-refractivity contribution in [1.29, 1.82) is 0 Å². The van der Waals surface area contributed by atoms with Gasteiger partial charge in [0, 0.05) is 25.3 Å². The summed E-state index contributed by atoms with van der Waals surface area (Å²) in [7, 11) is 0. The summed E-state index contributed by atoms with van der Waals surface area (Å²) in [6.45, 7) is 10.7. The Kier molecular flexibility index (Phi) is 6.60. The molecule has 0 saturated carbocycles. The molecule has 1 aliphatic heterocycles. The van der Waals surface area contributed by atoms with E-state index in [2.05, 4.69) is 61.4 Å². The second-order valence-corrected chi connectivity index (χ2v) is 7.56. The van der Waals surface area contributed by atoms with Crippen LogP contribution in [0.2, 0.25) is 0 Å². The number of benzene rings is 1. The molecular formula is C19H29N3OS. The van der Waals surface area contributed by atoms with E-state index in [1.807, 2.05) is 0 Å². The molecule has 2 rings (SSSR count). The van der Waals surface area contributed by atoms with E-state index >= 15 is 0 Å². The van der Waals surface area contributed by atoms with Crippen LogP contribution in [-0.2, 0) is 4.79 Å². The average Bonchev–Trinajstić information content (AvgIpc) is 2.55. The third-order valence-electron chi connectivity index (χ3n) is 4.39. The molecule has 1 unspecified atom stereocenters. The molecule has 4 nitrogen and oxygen atoms in total. The van der Waals surface area contributed by atoms with Crippen molar-refractivity contribution in [2.24, 2.45) is 11.8 Å². The van der Waals surface area contributed by atoms with Gasteiger partial charge in [0.1, 0.15) is 0 Å². The minimum absolute atomic E-state index is 0.0244. The minimum Gasteiger partial charge on any atom is -0.356 e. The van der Waals surface area contributed by atoms with Crippen molar-refractivity contribution in [2.45, 2.75) is 40.5 Å². The quantitative estimate of drug-likeness (QED) is 0.819. The van der Waals surface area contributed by atoms with E-state index in [0.29, 0.717) is 17.6 Å². The lowest BCUT2D eigenvalue weighted by molar-refractivity contribution is -0.126. The molecule has 1 saturated heterocycles. The largest absolute Gasteiger partial charge is 0.356 e. The summed E-state index contributed by atoms with van der Waals surface area (Å²) >= 11 is 5.58. The zero-order valence-corrected chi connectivity index (χ0v) is 16.0. The molecule has 24 heavy (non-hydrogen) atoms. The van der Waals surface area contributed by atoms with Crippen molar-refractivity contribution in [2.75, 3.05) is 25.0 Å². The zero-order valence-electron chi connectivity index (χ0n) is 15.2. The van der Waals surface area contributed by atoms with E-state index in [1.54, 1.807) is 0 Å². The molecule has 0 aromatic heterocycles. The van der Waals surface area contributed by atoms with Gasteiger partial charge in [-0.15, -0.1) is 0 Å². The van der Waals surface area contributed by atoms with Gasteiger partial charge in [-0.25, -0.2) is 0 Å². The third kappa shape index (κ3) is 5.20. The lowest BCUT2D eigenvalue weighted by atomic mass is 9.97. The highest BCUT2D eigenvalue weighted by Gasteiger charge is 2.27. The second kappa shape index (κ2) is 8.47. The fourth-order valence-electron chi connectivity index (χ4n) is 2.97. The van der Waals surface area contributed by atoms with Crippen molar-refractivity contribution in [3.05, 3.63) is 29.3 Å². The lowest BCUT2D eigenvalue weighted by Gasteiger charge is -2.34. The molecule has 1 heterocycles. The van der Waals surface area contributed by atoms with Gasteiger partial charge in [-0.1, -0.05) is 31.5 Å². The van der Waals surface area contributed by atoms with Gasteiger partial charge in [0.25, 0.3) is 0 Å². The number of nitrogens with one attached hydrogen (secondary N) is 2. The lowest BCUT2D eigenvalue weighted by Crippen LogP contribution is -2.47. The SMILES string of the molecule is Cc1ccc(NC(=S)N2CCCC(C(=O)NCC(C)C)C2)c(C)c1. The Balaban J connectivity index is 1.93. The molecule has 1 atom stereocenters. The highest BCUT2D eigenvalue weighted by molar-refractivity contribution is 7.80. The van der Waals surface area contributed by atoms with Gasteiger partial charge in [-0.05, 0) is 56.5 Å². The van der Waals surface area contributed by atoms with Crippen LogP contribution in [0.15, 0.2) is 18.2 Å². The maximum atomic E-state index is 12.3. The zero-order chi connectivity index (χ0) is 17.7. The van der Waals surface area contributed by atoms with Crippen LogP contribution in [0.25, 0.3) is 0 Å². The number of anilines is 1. The van der Waals surface area contributed by atoms with Gasteiger partial charge in [-0.3, -0.25) is 4.79 Å². The van der Waals surface area contributed by atoms with Crippen molar-refractivity contribution in [1.82, 2.24) is 10.2 Å². The maximum Gasteiger partial charge on any atom is 0.224 e. The van der Waals surface area contributed by atoms with Crippen LogP contribution in [0, 0.1) is 25.7 Å². The molecule has 0 aliphatic carbocycles. The first-order valence-corrected chi connectivity index (χ1v) is 9.18. The van der Waals surface area contributed by atoms with Gasteiger partial charge in [0.05, 0.1) is 5.92 Å². The van der Waals surface area contributed by atoms with E-state index in [4.69, 9.17) is 12.2 Å². The molecule has 1 aliphatic rings. The monoisotopic (exact) mass is 347 g/mol. The van der Waals surface area contributed by atoms with Crippen LogP contribution >= 0.6 is 12.2 Å². The molecular weight excluding hydrogens is 318 g/mol. The molecule has 5 heteroatoms.